The monoisotopic (exact) mass is 207 g/mol. The molecule has 2 N–H and O–H groups in total. The first-order valence-electron chi connectivity index (χ1n) is 3.32. The molecule has 0 aliphatic heterocycles. The van der Waals surface area contributed by atoms with Gasteiger partial charge in [0.15, 0.2) is 0 Å². The summed E-state index contributed by atoms with van der Waals surface area (Å²) in [6.07, 6.45) is 0. The molecule has 0 aliphatic rings. The minimum atomic E-state index is -0.393. The zero-order valence-electron chi connectivity index (χ0n) is 6.57. The van der Waals surface area contributed by atoms with Crippen LogP contribution in [-0.2, 0) is 4.74 Å². The van der Waals surface area contributed by atoms with Crippen LogP contribution >= 0.6 is 12.6 Å². The second-order valence-electron chi connectivity index (χ2n) is 2.27. The van der Waals surface area contributed by atoms with Gasteiger partial charge in [-0.2, -0.15) is 0 Å². The third-order valence-corrected chi connectivity index (χ3v) is 1.86. The third kappa shape index (κ3) is 3.23. The second kappa shape index (κ2) is 5.54. The number of nitrogen functional groups attached to an aromatic ring is 1. The number of hydrogen-bond acceptors (Lipinski definition) is 4. The summed E-state index contributed by atoms with van der Waals surface area (Å²) >= 11 is 4.07. The Labute approximate surface area is 104 Å². The first kappa shape index (κ1) is 12.8. The summed E-state index contributed by atoms with van der Waals surface area (Å²) in [5, 5.41) is 0. The molecule has 3 nitrogen and oxygen atoms in total. The third-order valence-electron chi connectivity index (χ3n) is 1.45. The van der Waals surface area contributed by atoms with Gasteiger partial charge in [0.1, 0.15) is 0 Å². The molecule has 0 aliphatic carbocycles. The maximum absolute atomic E-state index is 11.0. The van der Waals surface area contributed by atoms with E-state index >= 15 is 0 Å². The van der Waals surface area contributed by atoms with Crippen LogP contribution in [0, 0.1) is 0 Å². The zero-order chi connectivity index (χ0) is 9.14. The molecule has 1 aromatic rings. The van der Waals surface area contributed by atoms with E-state index < -0.39 is 5.97 Å². The number of benzene rings is 1. The molecule has 0 radical (unpaired) electrons. The average Bonchev–Trinajstić information content (AvgIpc) is 2.08. The summed E-state index contributed by atoms with van der Waals surface area (Å²) in [6.45, 7) is 0. The molecule has 5 heteroatoms. The average molecular weight is 207 g/mol. The van der Waals surface area contributed by atoms with E-state index in [1.165, 1.54) is 13.2 Å². The van der Waals surface area contributed by atoms with Gasteiger partial charge in [-0.3, -0.25) is 0 Å². The van der Waals surface area contributed by atoms with Crippen LogP contribution in [0.2, 0.25) is 0 Å². The van der Waals surface area contributed by atoms with E-state index in [0.717, 1.165) is 0 Å². The molecule has 0 saturated heterocycles. The van der Waals surface area contributed by atoms with Crippen molar-refractivity contribution in [2.24, 2.45) is 0 Å². The predicted octanol–water partition coefficient (Wildman–Crippen LogP) is 0.696. The summed E-state index contributed by atoms with van der Waals surface area (Å²) in [4.78, 5) is 11.6. The van der Waals surface area contributed by atoms with Crippen LogP contribution in [0.5, 0.6) is 0 Å². The quantitative estimate of drug-likeness (QED) is 0.308. The van der Waals surface area contributed by atoms with Crippen LogP contribution in [0.1, 0.15) is 10.4 Å². The van der Waals surface area contributed by atoms with E-state index in [2.05, 4.69) is 17.4 Å². The molecule has 0 spiro atoms. The number of carbonyl (C=O) groups is 1. The molecule has 1 aromatic carbocycles. The molecule has 0 fully saturated rings. The number of anilines is 1. The fourth-order valence-electron chi connectivity index (χ4n) is 0.799. The number of nitrogens with two attached hydrogens (primary N) is 1. The predicted molar refractivity (Wildman–Crippen MR) is 56.6 cm³/mol. The van der Waals surface area contributed by atoms with Crippen molar-refractivity contribution in [2.45, 2.75) is 4.90 Å². The van der Waals surface area contributed by atoms with Gasteiger partial charge in [-0.15, -0.1) is 12.6 Å². The van der Waals surface area contributed by atoms with Gasteiger partial charge in [0.2, 0.25) is 0 Å². The maximum atomic E-state index is 11.0. The van der Waals surface area contributed by atoms with E-state index in [1.54, 1.807) is 12.1 Å². The molecule has 0 amide bonds. The van der Waals surface area contributed by atoms with Crippen molar-refractivity contribution < 1.29 is 9.53 Å². The fraction of sp³-hybridized carbons (Fsp3) is 0.125. The Balaban J connectivity index is 0.00000144. The molecule has 0 atom stereocenters. The van der Waals surface area contributed by atoms with Crippen LogP contribution in [0.25, 0.3) is 0 Å². The molecule has 1 rings (SSSR count). The molecular weight excluding hydrogens is 197 g/mol. The molecule has 66 valence electrons. The van der Waals surface area contributed by atoms with E-state index in [1.807, 2.05) is 0 Å². The number of hydrogen-bond donors (Lipinski definition) is 2. The molecule has 0 unspecified atom stereocenters. The van der Waals surface area contributed by atoms with Crippen molar-refractivity contribution in [3.05, 3.63) is 23.8 Å². The Hall–Kier alpha value is -0.160. The normalized spacial score (nSPS) is 8.77. The van der Waals surface area contributed by atoms with Gasteiger partial charge in [0.25, 0.3) is 0 Å². The van der Waals surface area contributed by atoms with Crippen molar-refractivity contribution in [3.8, 4) is 0 Å². The Kier molecular flexibility index (Phi) is 5.48. The van der Waals surface area contributed by atoms with Crippen molar-refractivity contribution in [1.29, 1.82) is 0 Å². The van der Waals surface area contributed by atoms with Crippen LogP contribution in [0.4, 0.5) is 5.69 Å². The van der Waals surface area contributed by atoms with Gasteiger partial charge in [0, 0.05) is 10.6 Å². The van der Waals surface area contributed by atoms with Crippen LogP contribution in [0.15, 0.2) is 23.1 Å². The number of rotatable bonds is 1. The first-order valence-corrected chi connectivity index (χ1v) is 3.76. The second-order valence-corrected chi connectivity index (χ2v) is 2.75. The Morgan fingerprint density at radius 2 is 2.15 bits per heavy atom. The summed E-state index contributed by atoms with van der Waals surface area (Å²) in [5.74, 6) is -0.393. The number of ether oxygens (including phenoxy) is 1. The van der Waals surface area contributed by atoms with Gasteiger partial charge in [-0.1, -0.05) is 0 Å². The molecule has 13 heavy (non-hydrogen) atoms. The SMILES string of the molecule is COC(=O)c1ccc(S)c(N)c1.[NaH]. The zero-order valence-corrected chi connectivity index (χ0v) is 7.47. The van der Waals surface area contributed by atoms with Crippen molar-refractivity contribution in [1.82, 2.24) is 0 Å². The van der Waals surface area contributed by atoms with Crippen LogP contribution in [0.3, 0.4) is 0 Å². The van der Waals surface area contributed by atoms with E-state index in [0.29, 0.717) is 16.1 Å². The molecular formula is C8H10NNaO2S. The van der Waals surface area contributed by atoms with Crippen molar-refractivity contribution in [3.63, 3.8) is 0 Å². The Morgan fingerprint density at radius 3 is 2.62 bits per heavy atom. The topological polar surface area (TPSA) is 52.3 Å². The van der Waals surface area contributed by atoms with Crippen molar-refractivity contribution in [2.75, 3.05) is 12.8 Å². The summed E-state index contributed by atoms with van der Waals surface area (Å²) in [6, 6.07) is 4.81. The molecule has 0 aromatic heterocycles. The van der Waals surface area contributed by atoms with E-state index in [-0.39, 0.29) is 29.6 Å². The minimum absolute atomic E-state index is 0. The molecule has 0 saturated carbocycles. The van der Waals surface area contributed by atoms with Gasteiger partial charge >= 0.3 is 35.5 Å². The fourth-order valence-corrected chi connectivity index (χ4v) is 0.938. The van der Waals surface area contributed by atoms with Gasteiger partial charge in [-0.25, -0.2) is 4.79 Å². The van der Waals surface area contributed by atoms with E-state index in [9.17, 15) is 4.79 Å². The van der Waals surface area contributed by atoms with Gasteiger partial charge in [-0.05, 0) is 18.2 Å². The van der Waals surface area contributed by atoms with Gasteiger partial charge in [0.05, 0.1) is 12.7 Å². The van der Waals surface area contributed by atoms with Gasteiger partial charge < -0.3 is 10.5 Å². The van der Waals surface area contributed by atoms with Crippen molar-refractivity contribution >= 4 is 53.8 Å². The Bertz CT molecular complexity index is 317. The summed E-state index contributed by atoms with van der Waals surface area (Å²) in [7, 11) is 1.33. The van der Waals surface area contributed by atoms with Crippen LogP contribution in [-0.4, -0.2) is 42.6 Å². The summed E-state index contributed by atoms with van der Waals surface area (Å²) < 4.78 is 4.51. The van der Waals surface area contributed by atoms with Crippen LogP contribution < -0.4 is 5.73 Å². The first-order chi connectivity index (χ1) is 5.65. The number of thiol groups is 1. The van der Waals surface area contributed by atoms with E-state index in [4.69, 9.17) is 5.73 Å². The molecule has 0 heterocycles. The Morgan fingerprint density at radius 1 is 1.54 bits per heavy atom. The number of methoxy groups -OCH3 is 1. The standard InChI is InChI=1S/C8H9NO2S.Na.H/c1-11-8(10)5-2-3-7(12)6(9)4-5;;/h2-4,12H,9H2,1H3;;. The summed E-state index contributed by atoms with van der Waals surface area (Å²) in [5.41, 5.74) is 6.44. The number of esters is 1. The number of carbonyl (C=O) groups excluding carboxylic acids is 1. The molecule has 0 bridgehead atoms.